The van der Waals surface area contributed by atoms with Crippen LogP contribution in [0.5, 0.6) is 0 Å². The van der Waals surface area contributed by atoms with Crippen molar-refractivity contribution in [3.63, 3.8) is 0 Å². The summed E-state index contributed by atoms with van der Waals surface area (Å²) in [5.41, 5.74) is 12.4. The monoisotopic (exact) mass is 447 g/mol. The molecular formula is C29H37NOS. The van der Waals surface area contributed by atoms with Gasteiger partial charge in [0.2, 0.25) is 0 Å². The predicted octanol–water partition coefficient (Wildman–Crippen LogP) is 8.82. The molecule has 0 amide bonds. The third-order valence-corrected chi connectivity index (χ3v) is 6.46. The second-order valence-corrected chi connectivity index (χ2v) is 10.2. The van der Waals surface area contributed by atoms with Crippen molar-refractivity contribution in [2.24, 2.45) is 0 Å². The van der Waals surface area contributed by atoms with E-state index in [1.807, 2.05) is 0 Å². The molecule has 0 aliphatic heterocycles. The Kier molecular flexibility index (Phi) is 7.42. The first-order chi connectivity index (χ1) is 15.0. The average Bonchev–Trinajstić information content (AvgIpc) is 2.72. The summed E-state index contributed by atoms with van der Waals surface area (Å²) in [7, 11) is 0. The van der Waals surface area contributed by atoms with Crippen LogP contribution in [0, 0.1) is 27.7 Å². The third-order valence-electron chi connectivity index (χ3n) is 6.05. The van der Waals surface area contributed by atoms with Crippen LogP contribution in [0.1, 0.15) is 61.6 Å². The van der Waals surface area contributed by atoms with Gasteiger partial charge >= 0.3 is 0 Å². The molecule has 0 aromatic heterocycles. The minimum Gasteiger partial charge on any atom is -0.368 e. The zero-order chi connectivity index (χ0) is 23.6. The smallest absolute Gasteiger partial charge is 0.0813 e. The third kappa shape index (κ3) is 5.05. The maximum atomic E-state index is 6.50. The lowest BCUT2D eigenvalue weighted by Crippen LogP contribution is -2.22. The van der Waals surface area contributed by atoms with Crippen LogP contribution in [0.15, 0.2) is 48.5 Å². The number of benzene rings is 3. The molecule has 32 heavy (non-hydrogen) atoms. The Labute approximate surface area is 198 Å². The highest BCUT2D eigenvalue weighted by Crippen LogP contribution is 2.47. The molecule has 1 unspecified atom stereocenters. The number of rotatable bonds is 6. The zero-order valence-electron chi connectivity index (χ0n) is 21.0. The van der Waals surface area contributed by atoms with Crippen LogP contribution in [0.25, 0.3) is 22.3 Å². The molecule has 1 N–H and O–H groups in total. The van der Waals surface area contributed by atoms with Crippen molar-refractivity contribution < 1.29 is 4.74 Å². The molecule has 1 atom stereocenters. The van der Waals surface area contributed by atoms with Gasteiger partial charge in [-0.1, -0.05) is 60.5 Å². The van der Waals surface area contributed by atoms with Crippen molar-refractivity contribution in [3.8, 4) is 22.3 Å². The maximum Gasteiger partial charge on any atom is 0.0813 e. The van der Waals surface area contributed by atoms with Gasteiger partial charge in [0.1, 0.15) is 0 Å². The average molecular weight is 448 g/mol. The Bertz CT molecular complexity index is 1100. The van der Waals surface area contributed by atoms with Crippen LogP contribution in [0.4, 0.5) is 5.69 Å². The number of hydrogen-bond donors (Lipinski definition) is 1. The fraction of sp³-hybridized carbons (Fsp3) is 0.379. The maximum absolute atomic E-state index is 6.50. The van der Waals surface area contributed by atoms with E-state index < -0.39 is 0 Å². The van der Waals surface area contributed by atoms with E-state index >= 15 is 0 Å². The van der Waals surface area contributed by atoms with Crippen LogP contribution >= 0.6 is 11.9 Å². The van der Waals surface area contributed by atoms with Crippen molar-refractivity contribution in [1.82, 2.24) is 0 Å². The van der Waals surface area contributed by atoms with Gasteiger partial charge < -0.3 is 9.46 Å². The van der Waals surface area contributed by atoms with Gasteiger partial charge in [0.25, 0.3) is 0 Å². The summed E-state index contributed by atoms with van der Waals surface area (Å²) >= 11 is 1.64. The molecule has 0 heterocycles. The number of nitrogens with one attached hydrogen (secondary N) is 1. The van der Waals surface area contributed by atoms with E-state index in [1.165, 1.54) is 55.8 Å². The summed E-state index contributed by atoms with van der Waals surface area (Å²) in [6.45, 7) is 17.4. The number of anilines is 1. The molecular weight excluding hydrogens is 410 g/mol. The first-order valence-corrected chi connectivity index (χ1v) is 12.5. The highest BCUT2D eigenvalue weighted by atomic mass is 32.2. The molecule has 2 nitrogen and oxygen atoms in total. The highest BCUT2D eigenvalue weighted by Gasteiger charge is 2.27. The second-order valence-electron chi connectivity index (χ2n) is 9.63. The molecule has 0 bridgehead atoms. The van der Waals surface area contributed by atoms with Crippen LogP contribution < -0.4 is 4.72 Å². The Hall–Kier alpha value is -2.23. The molecule has 3 aromatic rings. The van der Waals surface area contributed by atoms with E-state index in [0.29, 0.717) is 0 Å². The molecule has 3 heteroatoms. The van der Waals surface area contributed by atoms with Crippen molar-refractivity contribution in [2.45, 2.75) is 67.1 Å². The van der Waals surface area contributed by atoms with Gasteiger partial charge in [-0.3, -0.25) is 0 Å². The van der Waals surface area contributed by atoms with Crippen molar-refractivity contribution in [2.75, 3.05) is 11.0 Å². The normalized spacial score (nSPS) is 12.7. The van der Waals surface area contributed by atoms with E-state index in [0.717, 1.165) is 0 Å². The lowest BCUT2D eigenvalue weighted by molar-refractivity contribution is -0.0529. The summed E-state index contributed by atoms with van der Waals surface area (Å²) in [4.78, 5) is 0. The Balaban J connectivity index is 2.41. The van der Waals surface area contributed by atoms with Crippen LogP contribution in [-0.4, -0.2) is 11.9 Å². The summed E-state index contributed by atoms with van der Waals surface area (Å²) in [5, 5.41) is 0. The minimum absolute atomic E-state index is 0.0416. The Morgan fingerprint density at radius 1 is 0.812 bits per heavy atom. The molecule has 0 aliphatic rings. The van der Waals surface area contributed by atoms with Gasteiger partial charge in [-0.05, 0) is 99.9 Å². The van der Waals surface area contributed by atoms with E-state index in [1.54, 1.807) is 11.9 Å². The molecule has 0 spiro atoms. The second kappa shape index (κ2) is 9.72. The quantitative estimate of drug-likeness (QED) is 0.381. The fourth-order valence-corrected chi connectivity index (χ4v) is 5.05. The van der Waals surface area contributed by atoms with Gasteiger partial charge in [0.05, 0.1) is 17.4 Å². The SMILES string of the molecule is CSNc1c(C)c(C(C)OC(C)(C)C)c(-c2ccccc2)c(C)c1-c1ccc(C)c(C)c1. The van der Waals surface area contributed by atoms with Crippen molar-refractivity contribution in [3.05, 3.63) is 76.3 Å². The molecule has 170 valence electrons. The summed E-state index contributed by atoms with van der Waals surface area (Å²) in [6, 6.07) is 17.5. The van der Waals surface area contributed by atoms with Crippen molar-refractivity contribution in [1.29, 1.82) is 0 Å². The van der Waals surface area contributed by atoms with Crippen LogP contribution in [0.2, 0.25) is 0 Å². The zero-order valence-corrected chi connectivity index (χ0v) is 21.8. The van der Waals surface area contributed by atoms with E-state index in [2.05, 4.69) is 115 Å². The summed E-state index contributed by atoms with van der Waals surface area (Å²) in [5.74, 6) is 0. The van der Waals surface area contributed by atoms with Crippen LogP contribution in [-0.2, 0) is 4.74 Å². The molecule has 3 aromatic carbocycles. The molecule has 3 rings (SSSR count). The van der Waals surface area contributed by atoms with Crippen molar-refractivity contribution >= 4 is 17.6 Å². The van der Waals surface area contributed by atoms with Gasteiger partial charge in [0.15, 0.2) is 0 Å². The van der Waals surface area contributed by atoms with E-state index in [4.69, 9.17) is 4.74 Å². The Morgan fingerprint density at radius 2 is 1.47 bits per heavy atom. The highest BCUT2D eigenvalue weighted by molar-refractivity contribution is 7.99. The molecule has 0 saturated carbocycles. The topological polar surface area (TPSA) is 21.3 Å². The van der Waals surface area contributed by atoms with Gasteiger partial charge in [0, 0.05) is 11.8 Å². The largest absolute Gasteiger partial charge is 0.368 e. The first kappa shape index (κ1) is 24.4. The molecule has 0 radical (unpaired) electrons. The fourth-order valence-electron chi connectivity index (χ4n) is 4.59. The first-order valence-electron chi connectivity index (χ1n) is 11.3. The summed E-state index contributed by atoms with van der Waals surface area (Å²) < 4.78 is 10.1. The standard InChI is InChI=1S/C29H37NOS/c1-18-15-16-24(17-19(18)2)27-20(3)26(23-13-11-10-12-14-23)25(21(4)28(27)30-32-9)22(5)31-29(6,7)8/h10-17,22,30H,1-9H3. The molecule has 0 saturated heterocycles. The van der Waals surface area contributed by atoms with E-state index in [9.17, 15) is 0 Å². The molecule has 0 aliphatic carbocycles. The summed E-state index contributed by atoms with van der Waals surface area (Å²) in [6.07, 6.45) is 2.04. The lowest BCUT2D eigenvalue weighted by atomic mass is 9.82. The van der Waals surface area contributed by atoms with Gasteiger partial charge in [-0.2, -0.15) is 0 Å². The Morgan fingerprint density at radius 3 is 2.03 bits per heavy atom. The van der Waals surface area contributed by atoms with Crippen LogP contribution in [0.3, 0.4) is 0 Å². The minimum atomic E-state index is -0.229. The number of aryl methyl sites for hydroxylation is 2. The van der Waals surface area contributed by atoms with Gasteiger partial charge in [-0.15, -0.1) is 0 Å². The lowest BCUT2D eigenvalue weighted by Gasteiger charge is -2.31. The van der Waals surface area contributed by atoms with Gasteiger partial charge in [-0.25, -0.2) is 0 Å². The predicted molar refractivity (Wildman–Crippen MR) is 143 cm³/mol. The molecule has 0 fully saturated rings. The van der Waals surface area contributed by atoms with E-state index in [-0.39, 0.29) is 11.7 Å². The number of ether oxygens (including phenoxy) is 1. The number of hydrogen-bond acceptors (Lipinski definition) is 3.